The van der Waals surface area contributed by atoms with Crippen molar-refractivity contribution in [3.8, 4) is 5.69 Å². The second kappa shape index (κ2) is 7.90. The maximum atomic E-state index is 14.0. The van der Waals surface area contributed by atoms with Gasteiger partial charge in [-0.3, -0.25) is 14.4 Å². The molecule has 0 aliphatic carbocycles. The molecular weight excluding hydrogens is 472 g/mol. The molecule has 1 amide bonds. The summed E-state index contributed by atoms with van der Waals surface area (Å²) in [7, 11) is 0. The van der Waals surface area contributed by atoms with E-state index >= 15 is 0 Å². The minimum absolute atomic E-state index is 0.0674. The predicted octanol–water partition coefficient (Wildman–Crippen LogP) is 3.69. The number of H-pyrrole nitrogens is 2. The van der Waals surface area contributed by atoms with Gasteiger partial charge in [-0.05, 0) is 24.3 Å². The van der Waals surface area contributed by atoms with Crippen LogP contribution in [0.15, 0.2) is 58.4 Å². The number of hydrogen-bond acceptors (Lipinski definition) is 4. The van der Waals surface area contributed by atoms with E-state index in [1.807, 2.05) is 5.32 Å². The average molecular weight is 483 g/mol. The Hall–Kier alpha value is -4.36. The molecule has 0 aliphatic rings. The Morgan fingerprint density at radius 1 is 0.971 bits per heavy atom. The number of benzene rings is 1. The van der Waals surface area contributed by atoms with Crippen LogP contribution in [0.3, 0.4) is 0 Å². The first-order valence-corrected chi connectivity index (χ1v) is 9.25. The van der Waals surface area contributed by atoms with E-state index in [4.69, 9.17) is 0 Å². The second-order valence-electron chi connectivity index (χ2n) is 6.96. The Kier molecular flexibility index (Phi) is 5.30. The maximum Gasteiger partial charge on any atom is 0.434 e. The van der Waals surface area contributed by atoms with Crippen LogP contribution in [0.1, 0.15) is 21.7 Å². The van der Waals surface area contributed by atoms with Crippen molar-refractivity contribution in [3.63, 3.8) is 0 Å². The first-order chi connectivity index (χ1) is 15.9. The van der Waals surface area contributed by atoms with Crippen LogP contribution >= 0.6 is 0 Å². The number of pyridine rings is 2. The van der Waals surface area contributed by atoms with E-state index in [-0.39, 0.29) is 16.5 Å². The number of carbonyl (C=O) groups is 1. The van der Waals surface area contributed by atoms with E-state index in [1.165, 1.54) is 35.4 Å². The molecule has 3 N–H and O–H groups in total. The van der Waals surface area contributed by atoms with Gasteiger partial charge in [0.25, 0.3) is 11.5 Å². The third-order valence-electron chi connectivity index (χ3n) is 4.71. The molecule has 8 nitrogen and oxygen atoms in total. The lowest BCUT2D eigenvalue weighted by Gasteiger charge is -2.14. The average Bonchev–Trinajstić information content (AvgIpc) is 3.18. The largest absolute Gasteiger partial charge is 0.434 e. The summed E-state index contributed by atoms with van der Waals surface area (Å²) in [6.07, 6.45) is -8.28. The highest BCUT2D eigenvalue weighted by molar-refractivity contribution is 6.05. The van der Waals surface area contributed by atoms with Gasteiger partial charge in [-0.1, -0.05) is 6.07 Å². The number of fused-ring (bicyclic) bond motifs is 1. The second-order valence-corrected chi connectivity index (χ2v) is 6.96. The fraction of sp³-hybridized carbons (Fsp3) is 0.100. The molecule has 4 rings (SSSR count). The van der Waals surface area contributed by atoms with Crippen molar-refractivity contribution in [2.45, 2.75) is 12.4 Å². The lowest BCUT2D eigenvalue weighted by molar-refractivity contribution is -0.143. The summed E-state index contributed by atoms with van der Waals surface area (Å²) < 4.78 is 81.1. The van der Waals surface area contributed by atoms with E-state index in [0.29, 0.717) is 23.0 Å². The van der Waals surface area contributed by atoms with E-state index < -0.39 is 52.0 Å². The molecule has 1 aromatic carbocycles. The van der Waals surface area contributed by atoms with Gasteiger partial charge in [0.1, 0.15) is 5.69 Å². The predicted molar refractivity (Wildman–Crippen MR) is 107 cm³/mol. The van der Waals surface area contributed by atoms with Gasteiger partial charge in [0.05, 0.1) is 17.4 Å². The number of hydrogen-bond donors (Lipinski definition) is 3. The topological polar surface area (TPSA) is 113 Å². The van der Waals surface area contributed by atoms with Gasteiger partial charge in [0, 0.05) is 28.7 Å². The number of aromatic nitrogens is 4. The van der Waals surface area contributed by atoms with E-state index in [9.17, 15) is 40.7 Å². The van der Waals surface area contributed by atoms with Crippen molar-refractivity contribution in [1.82, 2.24) is 19.7 Å². The smallest absolute Gasteiger partial charge is 0.329 e. The number of nitrogens with zero attached hydrogens (tertiary/aromatic N) is 2. The van der Waals surface area contributed by atoms with Gasteiger partial charge < -0.3 is 15.3 Å². The molecule has 0 spiro atoms. The van der Waals surface area contributed by atoms with Crippen molar-refractivity contribution in [2.24, 2.45) is 0 Å². The van der Waals surface area contributed by atoms with Gasteiger partial charge in [0.15, 0.2) is 5.69 Å². The van der Waals surface area contributed by atoms with Crippen LogP contribution in [0.2, 0.25) is 0 Å². The Labute approximate surface area is 183 Å². The van der Waals surface area contributed by atoms with E-state index in [0.717, 1.165) is 0 Å². The van der Waals surface area contributed by atoms with E-state index in [1.54, 1.807) is 0 Å². The molecule has 0 bridgehead atoms. The van der Waals surface area contributed by atoms with Crippen molar-refractivity contribution in [2.75, 3.05) is 5.32 Å². The van der Waals surface area contributed by atoms with Crippen LogP contribution in [-0.4, -0.2) is 25.7 Å². The number of alkyl halides is 6. The molecule has 0 atom stereocenters. The third kappa shape index (κ3) is 4.16. The van der Waals surface area contributed by atoms with Crippen molar-refractivity contribution in [1.29, 1.82) is 0 Å². The molecule has 0 saturated heterocycles. The normalized spacial score (nSPS) is 12.2. The van der Waals surface area contributed by atoms with Crippen molar-refractivity contribution in [3.05, 3.63) is 86.5 Å². The highest BCUT2D eigenvalue weighted by Gasteiger charge is 2.41. The van der Waals surface area contributed by atoms with Gasteiger partial charge in [-0.15, -0.1) is 0 Å². The van der Waals surface area contributed by atoms with Crippen LogP contribution in [0.5, 0.6) is 0 Å². The lowest BCUT2D eigenvalue weighted by atomic mass is 10.1. The molecule has 34 heavy (non-hydrogen) atoms. The Balaban J connectivity index is 1.83. The molecule has 0 unspecified atom stereocenters. The first kappa shape index (κ1) is 22.8. The number of anilines is 1. The van der Waals surface area contributed by atoms with Crippen LogP contribution in [0.25, 0.3) is 16.5 Å². The summed E-state index contributed by atoms with van der Waals surface area (Å²) in [5.74, 6) is -1.45. The third-order valence-corrected chi connectivity index (χ3v) is 4.71. The summed E-state index contributed by atoms with van der Waals surface area (Å²) >= 11 is 0. The molecule has 3 heterocycles. The number of rotatable bonds is 3. The fourth-order valence-corrected chi connectivity index (χ4v) is 3.33. The minimum atomic E-state index is -5.13. The molecule has 4 aromatic rings. The number of carbonyl (C=O) groups excluding carboxylic acids is 1. The van der Waals surface area contributed by atoms with Crippen LogP contribution in [-0.2, 0) is 12.4 Å². The van der Waals surface area contributed by atoms with Gasteiger partial charge in [-0.2, -0.15) is 31.4 Å². The van der Waals surface area contributed by atoms with Crippen LogP contribution in [0.4, 0.5) is 32.0 Å². The van der Waals surface area contributed by atoms with E-state index in [2.05, 4.69) is 10.1 Å². The van der Waals surface area contributed by atoms with Gasteiger partial charge in [-0.25, -0.2) is 4.68 Å². The van der Waals surface area contributed by atoms with Gasteiger partial charge in [0.2, 0.25) is 5.56 Å². The first-order valence-electron chi connectivity index (χ1n) is 9.25. The Morgan fingerprint density at radius 3 is 2.38 bits per heavy atom. The van der Waals surface area contributed by atoms with Crippen LogP contribution < -0.4 is 16.4 Å². The number of nitrogens with one attached hydrogen (secondary N) is 3. The molecule has 3 aromatic heterocycles. The molecular formula is C20H11F6N5O3. The summed E-state index contributed by atoms with van der Waals surface area (Å²) in [4.78, 5) is 40.0. The highest BCUT2D eigenvalue weighted by atomic mass is 19.4. The number of amides is 1. The number of halogens is 6. The van der Waals surface area contributed by atoms with Crippen molar-refractivity contribution >= 4 is 22.4 Å². The molecule has 0 radical (unpaired) electrons. The zero-order valence-corrected chi connectivity index (χ0v) is 16.5. The number of aromatic amines is 2. The maximum absolute atomic E-state index is 14.0. The summed E-state index contributed by atoms with van der Waals surface area (Å²) in [5.41, 5.74) is -6.65. The Bertz CT molecular complexity index is 1530. The SMILES string of the molecule is O=C(Nc1cc(C(F)(F)F)[nH]c(=O)c1)c1cnn(-c2cccc3c(=O)[nH]ccc23)c1C(F)(F)F. The molecule has 0 fully saturated rings. The van der Waals surface area contributed by atoms with Crippen molar-refractivity contribution < 1.29 is 31.1 Å². The summed E-state index contributed by atoms with van der Waals surface area (Å²) in [5, 5.41) is 5.69. The zero-order chi connectivity index (χ0) is 24.8. The summed E-state index contributed by atoms with van der Waals surface area (Å²) in [6.45, 7) is 0. The highest BCUT2D eigenvalue weighted by Crippen LogP contribution is 2.35. The summed E-state index contributed by atoms with van der Waals surface area (Å²) in [6, 6.07) is 6.26. The lowest BCUT2D eigenvalue weighted by Crippen LogP contribution is -2.22. The van der Waals surface area contributed by atoms with Gasteiger partial charge >= 0.3 is 12.4 Å². The Morgan fingerprint density at radius 2 is 1.71 bits per heavy atom. The molecule has 0 saturated carbocycles. The molecule has 0 aliphatic heterocycles. The monoisotopic (exact) mass is 483 g/mol. The zero-order valence-electron chi connectivity index (χ0n) is 16.5. The molecule has 14 heteroatoms. The quantitative estimate of drug-likeness (QED) is 0.386. The molecule has 176 valence electrons. The standard InChI is InChI=1S/C20H11F6N5O3/c21-19(22,23)14-6-9(7-15(32)30-14)29-18(34)12-8-28-31(16(12)20(24,25)26)13-3-1-2-11-10(13)4-5-27-17(11)33/h1-8H,(H,27,33)(H2,29,30,32,34). The van der Waals surface area contributed by atoms with Crippen LogP contribution in [0, 0.1) is 0 Å². The fourth-order valence-electron chi connectivity index (χ4n) is 3.33. The minimum Gasteiger partial charge on any atom is -0.329 e.